The van der Waals surface area contributed by atoms with E-state index in [0.29, 0.717) is 11.5 Å². The first kappa shape index (κ1) is 17.2. The number of halogens is 1. The number of nitrogens with zero attached hydrogens (tertiary/aromatic N) is 3. The van der Waals surface area contributed by atoms with E-state index in [1.54, 1.807) is 0 Å². The van der Waals surface area contributed by atoms with Gasteiger partial charge in [-0.05, 0) is 24.3 Å². The van der Waals surface area contributed by atoms with Gasteiger partial charge in [-0.1, -0.05) is 0 Å². The molecule has 8 heteroatoms. The normalized spacial score (nSPS) is 14.9. The van der Waals surface area contributed by atoms with Gasteiger partial charge in [-0.25, -0.2) is 14.4 Å². The molecule has 0 bridgehead atoms. The van der Waals surface area contributed by atoms with E-state index in [2.05, 4.69) is 25.5 Å². The maximum Gasteiger partial charge on any atom is 0.275 e. The Morgan fingerprint density at radius 3 is 2.60 bits per heavy atom. The monoisotopic (exact) mass is 345 g/mol. The highest BCUT2D eigenvalue weighted by molar-refractivity contribution is 6.02. The van der Waals surface area contributed by atoms with E-state index >= 15 is 0 Å². The van der Waals surface area contributed by atoms with Crippen LogP contribution in [0.1, 0.15) is 10.5 Å². The first-order valence-corrected chi connectivity index (χ1v) is 8.14. The summed E-state index contributed by atoms with van der Waals surface area (Å²) in [7, 11) is 0. The zero-order valence-corrected chi connectivity index (χ0v) is 13.7. The Balaban J connectivity index is 1.47. The third-order valence-corrected chi connectivity index (χ3v) is 3.82. The lowest BCUT2D eigenvalue weighted by atomic mass is 10.3. The number of anilines is 2. The molecule has 3 rings (SSSR count). The summed E-state index contributed by atoms with van der Waals surface area (Å²) in [6.45, 7) is 5.08. The van der Waals surface area contributed by atoms with E-state index in [0.717, 1.165) is 39.4 Å². The summed E-state index contributed by atoms with van der Waals surface area (Å²) in [6.07, 6.45) is 2.94. The van der Waals surface area contributed by atoms with E-state index in [-0.39, 0.29) is 17.4 Å². The first-order chi connectivity index (χ1) is 12.2. The minimum Gasteiger partial charge on any atom is -0.379 e. The maximum atomic E-state index is 12.9. The molecule has 2 aromatic rings. The summed E-state index contributed by atoms with van der Waals surface area (Å²) >= 11 is 0. The maximum absolute atomic E-state index is 12.9. The fraction of sp³-hybridized carbons (Fsp3) is 0.353. The molecule has 2 N–H and O–H groups in total. The SMILES string of the molecule is O=C(Nc1ccc(F)cc1)c1cnc(NCCN2CCOCC2)cn1. The molecule has 0 atom stereocenters. The summed E-state index contributed by atoms with van der Waals surface area (Å²) < 4.78 is 18.2. The van der Waals surface area contributed by atoms with Crippen LogP contribution in [0.3, 0.4) is 0 Å². The van der Waals surface area contributed by atoms with E-state index in [4.69, 9.17) is 4.74 Å². The Bertz CT molecular complexity index is 687. The lowest BCUT2D eigenvalue weighted by molar-refractivity contribution is 0.0398. The number of ether oxygens (including phenoxy) is 1. The number of amides is 1. The average molecular weight is 345 g/mol. The lowest BCUT2D eigenvalue weighted by Crippen LogP contribution is -2.39. The van der Waals surface area contributed by atoms with Crippen LogP contribution >= 0.6 is 0 Å². The third kappa shape index (κ3) is 5.20. The van der Waals surface area contributed by atoms with Gasteiger partial charge in [0, 0.05) is 31.9 Å². The van der Waals surface area contributed by atoms with Gasteiger partial charge in [-0.2, -0.15) is 0 Å². The van der Waals surface area contributed by atoms with E-state index in [1.165, 1.54) is 36.7 Å². The van der Waals surface area contributed by atoms with Gasteiger partial charge in [0.1, 0.15) is 17.3 Å². The number of hydrogen-bond donors (Lipinski definition) is 2. The van der Waals surface area contributed by atoms with E-state index in [9.17, 15) is 9.18 Å². The molecule has 1 amide bonds. The molecule has 0 spiro atoms. The Morgan fingerprint density at radius 1 is 1.16 bits per heavy atom. The topological polar surface area (TPSA) is 79.4 Å². The number of rotatable bonds is 6. The van der Waals surface area contributed by atoms with Crippen molar-refractivity contribution in [3.05, 3.63) is 48.2 Å². The number of nitrogens with one attached hydrogen (secondary N) is 2. The van der Waals surface area contributed by atoms with Crippen molar-refractivity contribution in [2.45, 2.75) is 0 Å². The molecule has 0 saturated carbocycles. The van der Waals surface area contributed by atoms with Gasteiger partial charge in [-0.3, -0.25) is 9.69 Å². The van der Waals surface area contributed by atoms with Crippen molar-refractivity contribution in [3.63, 3.8) is 0 Å². The fourth-order valence-corrected chi connectivity index (χ4v) is 2.43. The highest BCUT2D eigenvalue weighted by atomic mass is 19.1. The molecule has 1 aromatic carbocycles. The van der Waals surface area contributed by atoms with Crippen LogP contribution < -0.4 is 10.6 Å². The van der Waals surface area contributed by atoms with E-state index < -0.39 is 0 Å². The number of aromatic nitrogens is 2. The molecule has 0 unspecified atom stereocenters. The number of hydrogen-bond acceptors (Lipinski definition) is 6. The molecule has 1 fully saturated rings. The average Bonchev–Trinajstić information content (AvgIpc) is 2.65. The largest absolute Gasteiger partial charge is 0.379 e. The minimum atomic E-state index is -0.390. The van der Waals surface area contributed by atoms with Crippen LogP contribution in [0.5, 0.6) is 0 Å². The van der Waals surface area contributed by atoms with Gasteiger partial charge in [0.2, 0.25) is 0 Å². The number of benzene rings is 1. The highest BCUT2D eigenvalue weighted by Gasteiger charge is 2.10. The molecule has 1 aliphatic rings. The Morgan fingerprint density at radius 2 is 1.92 bits per heavy atom. The second kappa shape index (κ2) is 8.50. The Labute approximate surface area is 145 Å². The predicted molar refractivity (Wildman–Crippen MR) is 92.1 cm³/mol. The van der Waals surface area contributed by atoms with Crippen LogP contribution in [0.25, 0.3) is 0 Å². The summed E-state index contributed by atoms with van der Waals surface area (Å²) in [5.41, 5.74) is 0.698. The molecule has 1 aromatic heterocycles. The smallest absolute Gasteiger partial charge is 0.275 e. The summed E-state index contributed by atoms with van der Waals surface area (Å²) in [5.74, 6) is -0.129. The number of carbonyl (C=O) groups is 1. The van der Waals surface area contributed by atoms with Gasteiger partial charge in [0.25, 0.3) is 5.91 Å². The van der Waals surface area contributed by atoms with Gasteiger partial charge >= 0.3 is 0 Å². The molecule has 1 saturated heterocycles. The molecule has 0 aliphatic carbocycles. The zero-order chi connectivity index (χ0) is 17.5. The second-order valence-corrected chi connectivity index (χ2v) is 5.63. The van der Waals surface area contributed by atoms with Crippen LogP contribution in [-0.4, -0.2) is 60.2 Å². The molecule has 0 radical (unpaired) electrons. The van der Waals surface area contributed by atoms with E-state index in [1.807, 2.05) is 0 Å². The summed E-state index contributed by atoms with van der Waals surface area (Å²) in [4.78, 5) is 22.7. The quantitative estimate of drug-likeness (QED) is 0.828. The molecule has 132 valence electrons. The van der Waals surface area contributed by atoms with Crippen LogP contribution in [-0.2, 0) is 4.74 Å². The Kier molecular flexibility index (Phi) is 5.86. The van der Waals surface area contributed by atoms with Crippen molar-refractivity contribution in [2.75, 3.05) is 50.0 Å². The third-order valence-electron chi connectivity index (χ3n) is 3.82. The summed E-state index contributed by atoms with van der Waals surface area (Å²) in [6, 6.07) is 5.54. The second-order valence-electron chi connectivity index (χ2n) is 5.63. The molecule has 1 aliphatic heterocycles. The van der Waals surface area contributed by atoms with Crippen molar-refractivity contribution in [1.82, 2.24) is 14.9 Å². The molecule has 7 nitrogen and oxygen atoms in total. The van der Waals surface area contributed by atoms with Crippen molar-refractivity contribution in [2.24, 2.45) is 0 Å². The highest BCUT2D eigenvalue weighted by Crippen LogP contribution is 2.10. The minimum absolute atomic E-state index is 0.197. The lowest BCUT2D eigenvalue weighted by Gasteiger charge is -2.26. The van der Waals surface area contributed by atoms with Gasteiger partial charge in [-0.15, -0.1) is 0 Å². The van der Waals surface area contributed by atoms with Crippen molar-refractivity contribution < 1.29 is 13.9 Å². The fourth-order valence-electron chi connectivity index (χ4n) is 2.43. The standard InChI is InChI=1S/C17H20FN5O2/c18-13-1-3-14(4-2-13)22-17(24)15-11-21-16(12-20-15)19-5-6-23-7-9-25-10-8-23/h1-4,11-12H,5-10H2,(H,19,21)(H,22,24). The van der Waals surface area contributed by atoms with Gasteiger partial charge < -0.3 is 15.4 Å². The van der Waals surface area contributed by atoms with Crippen molar-refractivity contribution in [3.8, 4) is 0 Å². The zero-order valence-electron chi connectivity index (χ0n) is 13.7. The van der Waals surface area contributed by atoms with Gasteiger partial charge in [0.15, 0.2) is 0 Å². The molecule has 2 heterocycles. The van der Waals surface area contributed by atoms with Gasteiger partial charge in [0.05, 0.1) is 25.6 Å². The van der Waals surface area contributed by atoms with Crippen LogP contribution in [0, 0.1) is 5.82 Å². The van der Waals surface area contributed by atoms with Crippen molar-refractivity contribution in [1.29, 1.82) is 0 Å². The van der Waals surface area contributed by atoms with Crippen LogP contribution in [0.2, 0.25) is 0 Å². The van der Waals surface area contributed by atoms with Crippen molar-refractivity contribution >= 4 is 17.4 Å². The van der Waals surface area contributed by atoms with Crippen LogP contribution in [0.4, 0.5) is 15.9 Å². The number of morpholine rings is 1. The molecular weight excluding hydrogens is 325 g/mol. The Hall–Kier alpha value is -2.58. The number of carbonyl (C=O) groups excluding carboxylic acids is 1. The van der Waals surface area contributed by atoms with Crippen LogP contribution in [0.15, 0.2) is 36.7 Å². The molecular formula is C17H20FN5O2. The summed E-state index contributed by atoms with van der Waals surface area (Å²) in [5, 5.41) is 5.83. The first-order valence-electron chi connectivity index (χ1n) is 8.14. The predicted octanol–water partition coefficient (Wildman–Crippen LogP) is 1.61. The molecule has 25 heavy (non-hydrogen) atoms.